The molecule has 0 aromatic heterocycles. The highest BCUT2D eigenvalue weighted by atomic mass is 16.5. The van der Waals surface area contributed by atoms with E-state index in [4.69, 9.17) is 9.47 Å². The Hall–Kier alpha value is -2.49. The monoisotopic (exact) mass is 500 g/mol. The highest BCUT2D eigenvalue weighted by molar-refractivity contribution is 5.94. The molecule has 3 heterocycles. The standard InChI is InChI=1S/C27H40N4O5/c1-27(2,16-20-8-4-3-5-9-20)17-21(28-26(34)31-12-14-35-15-13-31)25(33)29-24-22(32)19-36-23(24)18-30-10-6-7-11-30/h3-5,8-9,21,23-24H,6-7,10-19H2,1-2H3,(H,28,34)(H,29,33). The number of amides is 3. The maximum absolute atomic E-state index is 13.6. The first-order chi connectivity index (χ1) is 17.3. The molecule has 3 unspecified atom stereocenters. The molecule has 3 fully saturated rings. The number of carbonyl (C=O) groups excluding carboxylic acids is 3. The maximum Gasteiger partial charge on any atom is 0.318 e. The first-order valence-electron chi connectivity index (χ1n) is 13.1. The molecule has 9 nitrogen and oxygen atoms in total. The second-order valence-electron chi connectivity index (χ2n) is 10.9. The average Bonchev–Trinajstić information content (AvgIpc) is 3.50. The molecule has 9 heteroatoms. The molecule has 3 aliphatic heterocycles. The summed E-state index contributed by atoms with van der Waals surface area (Å²) in [6.07, 6.45) is 3.11. The largest absolute Gasteiger partial charge is 0.378 e. The van der Waals surface area contributed by atoms with E-state index >= 15 is 0 Å². The van der Waals surface area contributed by atoms with Crippen LogP contribution in [0.4, 0.5) is 4.79 Å². The van der Waals surface area contributed by atoms with Gasteiger partial charge < -0.3 is 29.9 Å². The van der Waals surface area contributed by atoms with Gasteiger partial charge in [-0.2, -0.15) is 0 Å². The minimum absolute atomic E-state index is 0.00770. The van der Waals surface area contributed by atoms with Crippen LogP contribution in [0.1, 0.15) is 38.7 Å². The number of benzene rings is 1. The summed E-state index contributed by atoms with van der Waals surface area (Å²) in [5.41, 5.74) is 0.901. The normalized spacial score (nSPS) is 24.1. The number of hydrogen-bond acceptors (Lipinski definition) is 6. The number of carbonyl (C=O) groups is 3. The van der Waals surface area contributed by atoms with Crippen LogP contribution in [0.15, 0.2) is 30.3 Å². The van der Waals surface area contributed by atoms with E-state index in [0.29, 0.717) is 39.3 Å². The summed E-state index contributed by atoms with van der Waals surface area (Å²) in [6.45, 7) is 8.74. The van der Waals surface area contributed by atoms with Gasteiger partial charge in [0.25, 0.3) is 0 Å². The fourth-order valence-electron chi connectivity index (χ4n) is 5.38. The predicted molar refractivity (Wildman–Crippen MR) is 136 cm³/mol. The van der Waals surface area contributed by atoms with Crippen molar-refractivity contribution in [3.63, 3.8) is 0 Å². The van der Waals surface area contributed by atoms with Crippen LogP contribution in [0, 0.1) is 5.41 Å². The Kier molecular flexibility index (Phi) is 8.98. The van der Waals surface area contributed by atoms with Crippen molar-refractivity contribution in [1.82, 2.24) is 20.4 Å². The van der Waals surface area contributed by atoms with Crippen LogP contribution in [0.2, 0.25) is 0 Å². The van der Waals surface area contributed by atoms with Crippen LogP contribution < -0.4 is 10.6 Å². The smallest absolute Gasteiger partial charge is 0.318 e. The fourth-order valence-corrected chi connectivity index (χ4v) is 5.38. The molecule has 3 amide bonds. The minimum atomic E-state index is -0.778. The SMILES string of the molecule is CC(C)(Cc1ccccc1)CC(NC(=O)N1CCOCC1)C(=O)NC1C(=O)COC1CN1CCCC1. The first-order valence-corrected chi connectivity index (χ1v) is 13.1. The Morgan fingerprint density at radius 3 is 2.47 bits per heavy atom. The van der Waals surface area contributed by atoms with E-state index < -0.39 is 12.1 Å². The molecule has 0 bridgehead atoms. The highest BCUT2D eigenvalue weighted by Gasteiger charge is 2.40. The number of ketones is 1. The summed E-state index contributed by atoms with van der Waals surface area (Å²) in [6, 6.07) is 8.37. The van der Waals surface area contributed by atoms with E-state index in [0.717, 1.165) is 32.4 Å². The number of nitrogens with zero attached hydrogens (tertiary/aromatic N) is 2. The van der Waals surface area contributed by atoms with E-state index in [2.05, 4.69) is 41.5 Å². The Labute approximate surface area is 213 Å². The third-order valence-corrected chi connectivity index (χ3v) is 7.29. The number of nitrogens with one attached hydrogen (secondary N) is 2. The van der Waals surface area contributed by atoms with Gasteiger partial charge in [0.05, 0.1) is 19.3 Å². The lowest BCUT2D eigenvalue weighted by atomic mass is 9.80. The molecule has 3 aliphatic rings. The van der Waals surface area contributed by atoms with Gasteiger partial charge in [0.1, 0.15) is 18.7 Å². The molecule has 198 valence electrons. The molecular weight excluding hydrogens is 460 g/mol. The molecule has 36 heavy (non-hydrogen) atoms. The summed E-state index contributed by atoms with van der Waals surface area (Å²) in [7, 11) is 0. The fraction of sp³-hybridized carbons (Fsp3) is 0.667. The Balaban J connectivity index is 1.45. The van der Waals surface area contributed by atoms with Crippen LogP contribution in [0.3, 0.4) is 0 Å². The van der Waals surface area contributed by atoms with Gasteiger partial charge in [-0.25, -0.2) is 4.79 Å². The van der Waals surface area contributed by atoms with E-state index in [1.165, 1.54) is 5.56 Å². The number of urea groups is 1. The minimum Gasteiger partial charge on any atom is -0.378 e. The molecule has 4 rings (SSSR count). The van der Waals surface area contributed by atoms with Gasteiger partial charge in [-0.15, -0.1) is 0 Å². The average molecular weight is 501 g/mol. The summed E-state index contributed by atoms with van der Waals surface area (Å²) >= 11 is 0. The number of morpholine rings is 1. The first kappa shape index (κ1) is 26.6. The maximum atomic E-state index is 13.6. The van der Waals surface area contributed by atoms with Gasteiger partial charge in [-0.1, -0.05) is 44.2 Å². The van der Waals surface area contributed by atoms with Crippen LogP contribution >= 0.6 is 0 Å². The molecule has 0 aliphatic carbocycles. The summed E-state index contributed by atoms with van der Waals surface area (Å²) < 4.78 is 11.1. The van der Waals surface area contributed by atoms with E-state index in [-0.39, 0.29) is 35.8 Å². The zero-order chi connectivity index (χ0) is 25.5. The van der Waals surface area contributed by atoms with E-state index in [9.17, 15) is 14.4 Å². The zero-order valence-corrected chi connectivity index (χ0v) is 21.5. The van der Waals surface area contributed by atoms with Gasteiger partial charge in [0, 0.05) is 19.6 Å². The van der Waals surface area contributed by atoms with Crippen molar-refractivity contribution < 1.29 is 23.9 Å². The zero-order valence-electron chi connectivity index (χ0n) is 21.5. The van der Waals surface area contributed by atoms with Crippen molar-refractivity contribution in [1.29, 1.82) is 0 Å². The Bertz CT molecular complexity index is 897. The van der Waals surface area contributed by atoms with Crippen molar-refractivity contribution in [2.45, 2.75) is 57.7 Å². The van der Waals surface area contributed by atoms with Crippen LogP contribution in [-0.4, -0.2) is 98.3 Å². The molecule has 0 radical (unpaired) electrons. The lowest BCUT2D eigenvalue weighted by Gasteiger charge is -2.33. The van der Waals surface area contributed by atoms with Crippen LogP contribution in [0.5, 0.6) is 0 Å². The molecule has 0 saturated carbocycles. The predicted octanol–water partition coefficient (Wildman–Crippen LogP) is 1.60. The Morgan fingerprint density at radius 1 is 1.08 bits per heavy atom. The molecule has 1 aromatic rings. The molecule has 2 N–H and O–H groups in total. The number of rotatable bonds is 9. The molecule has 3 atom stereocenters. The lowest BCUT2D eigenvalue weighted by molar-refractivity contribution is -0.128. The van der Waals surface area contributed by atoms with E-state index in [1.807, 2.05) is 18.2 Å². The summed E-state index contributed by atoms with van der Waals surface area (Å²) in [4.78, 5) is 43.2. The molecule has 3 saturated heterocycles. The van der Waals surface area contributed by atoms with Gasteiger partial charge in [-0.05, 0) is 49.8 Å². The molecule has 1 aromatic carbocycles. The third-order valence-electron chi connectivity index (χ3n) is 7.29. The molecular formula is C27H40N4O5. The molecule has 0 spiro atoms. The quantitative estimate of drug-likeness (QED) is 0.534. The third kappa shape index (κ3) is 7.27. The van der Waals surface area contributed by atoms with Crippen molar-refractivity contribution in [2.24, 2.45) is 5.41 Å². The lowest BCUT2D eigenvalue weighted by Crippen LogP contribution is -2.58. The van der Waals surface area contributed by atoms with Gasteiger partial charge in [0.2, 0.25) is 5.91 Å². The van der Waals surface area contributed by atoms with Gasteiger partial charge in [-0.3, -0.25) is 9.59 Å². The number of likely N-dealkylation sites (tertiary alicyclic amines) is 1. The highest BCUT2D eigenvalue weighted by Crippen LogP contribution is 2.28. The van der Waals surface area contributed by atoms with Gasteiger partial charge in [0.15, 0.2) is 5.78 Å². The second-order valence-corrected chi connectivity index (χ2v) is 10.9. The second kappa shape index (κ2) is 12.2. The summed E-state index contributed by atoms with van der Waals surface area (Å²) in [5, 5.41) is 5.91. The van der Waals surface area contributed by atoms with Crippen molar-refractivity contribution in [3.8, 4) is 0 Å². The van der Waals surface area contributed by atoms with Crippen molar-refractivity contribution in [2.75, 3.05) is 52.5 Å². The number of Topliss-reactive ketones (excluding diaryl/α,β-unsaturated/α-hetero) is 1. The Morgan fingerprint density at radius 2 is 1.78 bits per heavy atom. The summed E-state index contributed by atoms with van der Waals surface area (Å²) in [5.74, 6) is -0.456. The number of ether oxygens (including phenoxy) is 2. The van der Waals surface area contributed by atoms with Gasteiger partial charge >= 0.3 is 6.03 Å². The topological polar surface area (TPSA) is 100 Å². The van der Waals surface area contributed by atoms with E-state index in [1.54, 1.807) is 4.90 Å². The number of hydrogen-bond donors (Lipinski definition) is 2. The van der Waals surface area contributed by atoms with Crippen molar-refractivity contribution in [3.05, 3.63) is 35.9 Å². The van der Waals surface area contributed by atoms with Crippen LogP contribution in [-0.2, 0) is 25.5 Å². The van der Waals surface area contributed by atoms with Crippen LogP contribution in [0.25, 0.3) is 0 Å². The van der Waals surface area contributed by atoms with Crippen molar-refractivity contribution >= 4 is 17.7 Å².